The average molecular weight is 417 g/mol. The quantitative estimate of drug-likeness (QED) is 0.419. The van der Waals surface area contributed by atoms with E-state index < -0.39 is 0 Å². The summed E-state index contributed by atoms with van der Waals surface area (Å²) in [6.45, 7) is 0.556. The van der Waals surface area contributed by atoms with Gasteiger partial charge >= 0.3 is 0 Å². The molecular weight excluding hydrogens is 400 g/mol. The lowest BCUT2D eigenvalue weighted by molar-refractivity contribution is -0.122. The highest BCUT2D eigenvalue weighted by atomic mass is 32.2. The smallest absolute Gasteiger partial charge is 0.266 e. The molecule has 1 saturated heterocycles. The van der Waals surface area contributed by atoms with Gasteiger partial charge in [0.1, 0.15) is 15.8 Å². The van der Waals surface area contributed by atoms with Gasteiger partial charge in [0.05, 0.1) is 16.5 Å². The van der Waals surface area contributed by atoms with Crippen LogP contribution in [-0.2, 0) is 11.2 Å². The fourth-order valence-corrected chi connectivity index (χ4v) is 4.29. The topological polar surface area (TPSA) is 57.2 Å². The first kappa shape index (κ1) is 19.2. The molecule has 6 heteroatoms. The predicted molar refractivity (Wildman–Crippen MR) is 119 cm³/mol. The van der Waals surface area contributed by atoms with Gasteiger partial charge in [-0.2, -0.15) is 5.26 Å². The second-order valence-electron chi connectivity index (χ2n) is 6.46. The highest BCUT2D eigenvalue weighted by Crippen LogP contribution is 2.33. The van der Waals surface area contributed by atoms with Crippen LogP contribution < -0.4 is 0 Å². The zero-order valence-corrected chi connectivity index (χ0v) is 17.0. The van der Waals surface area contributed by atoms with Crippen LogP contribution >= 0.6 is 24.0 Å². The second kappa shape index (κ2) is 8.48. The SMILES string of the molecule is N#Cc1ccc(-c2ccc(/C=C3\SC(=S)N(CCc4ccccc4)C3=O)o2)cc1. The van der Waals surface area contributed by atoms with Crippen molar-refractivity contribution in [1.82, 2.24) is 4.90 Å². The fraction of sp³-hybridized carbons (Fsp3) is 0.0870. The Morgan fingerprint density at radius 3 is 2.55 bits per heavy atom. The van der Waals surface area contributed by atoms with E-state index in [-0.39, 0.29) is 5.91 Å². The Hall–Kier alpha value is -3.14. The van der Waals surface area contributed by atoms with Crippen molar-refractivity contribution in [1.29, 1.82) is 5.26 Å². The molecule has 3 aromatic rings. The Bertz CT molecular complexity index is 1130. The first-order valence-corrected chi connectivity index (χ1v) is 10.3. The van der Waals surface area contributed by atoms with Gasteiger partial charge in [-0.1, -0.05) is 54.3 Å². The van der Waals surface area contributed by atoms with Gasteiger partial charge in [0.15, 0.2) is 0 Å². The van der Waals surface area contributed by atoms with Crippen LogP contribution in [-0.4, -0.2) is 21.7 Å². The van der Waals surface area contributed by atoms with Crippen LogP contribution in [0.25, 0.3) is 17.4 Å². The largest absolute Gasteiger partial charge is 0.457 e. The van der Waals surface area contributed by atoms with Gasteiger partial charge in [0.25, 0.3) is 5.91 Å². The van der Waals surface area contributed by atoms with Gasteiger partial charge in [-0.05, 0) is 48.4 Å². The Morgan fingerprint density at radius 2 is 1.83 bits per heavy atom. The number of benzene rings is 2. The molecule has 142 valence electrons. The number of nitrogens with zero attached hydrogens (tertiary/aromatic N) is 2. The number of hydrogen-bond acceptors (Lipinski definition) is 5. The van der Waals surface area contributed by atoms with Crippen molar-refractivity contribution in [3.05, 3.63) is 88.5 Å². The molecule has 0 saturated carbocycles. The summed E-state index contributed by atoms with van der Waals surface area (Å²) < 4.78 is 6.43. The van der Waals surface area contributed by atoms with Gasteiger partial charge in [-0.25, -0.2) is 0 Å². The van der Waals surface area contributed by atoms with E-state index in [0.29, 0.717) is 32.9 Å². The van der Waals surface area contributed by atoms with Crippen LogP contribution in [0, 0.1) is 11.3 Å². The molecule has 1 fully saturated rings. The lowest BCUT2D eigenvalue weighted by Crippen LogP contribution is -2.30. The molecule has 0 N–H and O–H groups in total. The number of nitriles is 1. The third kappa shape index (κ3) is 4.32. The van der Waals surface area contributed by atoms with Crippen LogP contribution in [0.4, 0.5) is 0 Å². The molecule has 4 nitrogen and oxygen atoms in total. The van der Waals surface area contributed by atoms with E-state index in [0.717, 1.165) is 12.0 Å². The number of carbonyl (C=O) groups is 1. The highest BCUT2D eigenvalue weighted by Gasteiger charge is 2.31. The molecule has 1 aliphatic heterocycles. The molecule has 0 bridgehead atoms. The molecule has 1 amide bonds. The van der Waals surface area contributed by atoms with Crippen LogP contribution in [0.3, 0.4) is 0 Å². The van der Waals surface area contributed by atoms with Gasteiger partial charge in [0.2, 0.25) is 0 Å². The molecule has 0 atom stereocenters. The molecule has 2 aromatic carbocycles. The molecule has 2 heterocycles. The Kier molecular flexibility index (Phi) is 5.61. The van der Waals surface area contributed by atoms with Crippen molar-refractivity contribution < 1.29 is 9.21 Å². The van der Waals surface area contributed by atoms with Crippen molar-refractivity contribution >= 4 is 40.3 Å². The Balaban J connectivity index is 1.47. The minimum atomic E-state index is -0.0905. The van der Waals surface area contributed by atoms with Gasteiger partial charge in [0, 0.05) is 18.2 Å². The van der Waals surface area contributed by atoms with Crippen molar-refractivity contribution in [2.45, 2.75) is 6.42 Å². The molecule has 0 radical (unpaired) electrons. The van der Waals surface area contributed by atoms with E-state index in [1.165, 1.54) is 17.3 Å². The molecular formula is C23H16N2O2S2. The Labute approximate surface area is 178 Å². The van der Waals surface area contributed by atoms with Crippen molar-refractivity contribution in [3.63, 3.8) is 0 Å². The molecule has 0 aliphatic carbocycles. The maximum Gasteiger partial charge on any atom is 0.266 e. The normalized spacial score (nSPS) is 15.1. The number of carbonyl (C=O) groups excluding carboxylic acids is 1. The summed E-state index contributed by atoms with van der Waals surface area (Å²) in [4.78, 5) is 15.0. The summed E-state index contributed by atoms with van der Waals surface area (Å²) in [6, 6.07) is 23.0. The van der Waals surface area contributed by atoms with Crippen LogP contribution in [0.5, 0.6) is 0 Å². The van der Waals surface area contributed by atoms with Crippen molar-refractivity contribution in [2.75, 3.05) is 6.54 Å². The summed E-state index contributed by atoms with van der Waals surface area (Å²) in [7, 11) is 0. The molecule has 29 heavy (non-hydrogen) atoms. The summed E-state index contributed by atoms with van der Waals surface area (Å²) in [5.74, 6) is 1.18. The molecule has 0 unspecified atom stereocenters. The maximum atomic E-state index is 12.8. The lowest BCUT2D eigenvalue weighted by Gasteiger charge is -2.14. The number of amides is 1. The third-order valence-electron chi connectivity index (χ3n) is 4.54. The van der Waals surface area contributed by atoms with E-state index in [9.17, 15) is 4.79 Å². The molecule has 1 aromatic heterocycles. The monoisotopic (exact) mass is 416 g/mol. The fourth-order valence-electron chi connectivity index (χ4n) is 3.00. The first-order chi connectivity index (χ1) is 14.1. The average Bonchev–Trinajstić information content (AvgIpc) is 3.32. The predicted octanol–water partition coefficient (Wildman–Crippen LogP) is 5.26. The van der Waals surface area contributed by atoms with Crippen LogP contribution in [0.15, 0.2) is 76.1 Å². The summed E-state index contributed by atoms with van der Waals surface area (Å²) >= 11 is 6.70. The summed E-state index contributed by atoms with van der Waals surface area (Å²) in [6.07, 6.45) is 2.49. The van der Waals surface area contributed by atoms with Crippen molar-refractivity contribution in [3.8, 4) is 17.4 Å². The molecule has 0 spiro atoms. The minimum Gasteiger partial charge on any atom is -0.457 e. The maximum absolute atomic E-state index is 12.8. The zero-order valence-electron chi connectivity index (χ0n) is 15.4. The highest BCUT2D eigenvalue weighted by molar-refractivity contribution is 8.26. The first-order valence-electron chi connectivity index (χ1n) is 9.04. The van der Waals surface area contributed by atoms with Crippen LogP contribution in [0.1, 0.15) is 16.9 Å². The zero-order chi connectivity index (χ0) is 20.2. The van der Waals surface area contributed by atoms with E-state index >= 15 is 0 Å². The second-order valence-corrected chi connectivity index (χ2v) is 8.14. The summed E-state index contributed by atoms with van der Waals surface area (Å²) in [5.41, 5.74) is 2.64. The van der Waals surface area contributed by atoms with Gasteiger partial charge in [-0.3, -0.25) is 9.69 Å². The van der Waals surface area contributed by atoms with E-state index in [1.807, 2.05) is 54.6 Å². The third-order valence-corrected chi connectivity index (χ3v) is 5.92. The van der Waals surface area contributed by atoms with Gasteiger partial charge < -0.3 is 4.42 Å². The van der Waals surface area contributed by atoms with E-state index in [2.05, 4.69) is 6.07 Å². The molecule has 4 rings (SSSR count). The van der Waals surface area contributed by atoms with Crippen LogP contribution in [0.2, 0.25) is 0 Å². The minimum absolute atomic E-state index is 0.0905. The Morgan fingerprint density at radius 1 is 1.07 bits per heavy atom. The molecule has 1 aliphatic rings. The van der Waals surface area contributed by atoms with Gasteiger partial charge in [-0.15, -0.1) is 0 Å². The number of hydrogen-bond donors (Lipinski definition) is 0. The summed E-state index contributed by atoms with van der Waals surface area (Å²) in [5, 5.41) is 8.90. The number of furan rings is 1. The van der Waals surface area contributed by atoms with E-state index in [1.54, 1.807) is 23.1 Å². The standard InChI is InChI=1S/C23H16N2O2S2/c24-15-17-6-8-18(9-7-17)20-11-10-19(27-20)14-21-22(26)25(23(28)29-21)13-12-16-4-2-1-3-5-16/h1-11,14H,12-13H2/b21-14-. The van der Waals surface area contributed by atoms with E-state index in [4.69, 9.17) is 21.9 Å². The number of rotatable bonds is 5. The lowest BCUT2D eigenvalue weighted by atomic mass is 10.1. The number of thiocarbonyl (C=S) groups is 1. The van der Waals surface area contributed by atoms with Crippen molar-refractivity contribution in [2.24, 2.45) is 0 Å². The number of thioether (sulfide) groups is 1.